The molecule has 0 saturated carbocycles. The third-order valence-electron chi connectivity index (χ3n) is 3.10. The van der Waals surface area contributed by atoms with Gasteiger partial charge < -0.3 is 10.5 Å². The molecule has 1 heterocycles. The molecule has 0 radical (unpaired) electrons. The summed E-state index contributed by atoms with van der Waals surface area (Å²) in [5.74, 6) is -1.00. The van der Waals surface area contributed by atoms with Crippen LogP contribution in [-0.4, -0.2) is 28.6 Å². The maximum atomic E-state index is 12.1. The first-order valence-corrected chi connectivity index (χ1v) is 6.49. The fourth-order valence-corrected chi connectivity index (χ4v) is 2.04. The number of ether oxygens (including phenoxy) is 1. The molecule has 0 aliphatic carbocycles. The van der Waals surface area contributed by atoms with Gasteiger partial charge in [-0.25, -0.2) is 4.68 Å². The Kier molecular flexibility index (Phi) is 4.36. The Hall–Kier alpha value is -2.96. The minimum atomic E-state index is -0.699. The van der Waals surface area contributed by atoms with Crippen molar-refractivity contribution in [3.05, 3.63) is 46.2 Å². The van der Waals surface area contributed by atoms with E-state index in [4.69, 9.17) is 5.73 Å². The summed E-state index contributed by atoms with van der Waals surface area (Å²) in [7, 11) is 1.21. The average molecular weight is 301 g/mol. The smallest absolute Gasteiger partial charge is 0.327 e. The zero-order valence-corrected chi connectivity index (χ0v) is 12.2. The van der Waals surface area contributed by atoms with Gasteiger partial charge in [-0.05, 0) is 6.92 Å². The lowest BCUT2D eigenvalue weighted by Gasteiger charge is -2.12. The average Bonchev–Trinajstić information content (AvgIpc) is 2.51. The Labute approximate surface area is 126 Å². The Balaban J connectivity index is 2.72. The van der Waals surface area contributed by atoms with Crippen LogP contribution in [0.5, 0.6) is 0 Å². The first-order chi connectivity index (χ1) is 10.5. The number of anilines is 1. The Morgan fingerprint density at radius 3 is 2.45 bits per heavy atom. The number of nitrogen functional groups attached to an aromatic ring is 1. The summed E-state index contributed by atoms with van der Waals surface area (Å²) in [4.78, 5) is 35.4. The molecular formula is C15H15N3O4. The van der Waals surface area contributed by atoms with Gasteiger partial charge in [0.15, 0.2) is 5.78 Å². The summed E-state index contributed by atoms with van der Waals surface area (Å²) in [5.41, 5.74) is 5.80. The van der Waals surface area contributed by atoms with E-state index in [-0.39, 0.29) is 29.3 Å². The Bertz CT molecular complexity index is 781. The lowest BCUT2D eigenvalue weighted by molar-refractivity contribution is -0.141. The van der Waals surface area contributed by atoms with Gasteiger partial charge in [0.2, 0.25) is 0 Å². The normalized spacial score (nSPS) is 10.3. The van der Waals surface area contributed by atoms with Crippen LogP contribution in [0.4, 0.5) is 5.69 Å². The molecular weight excluding hydrogens is 286 g/mol. The van der Waals surface area contributed by atoms with Crippen molar-refractivity contribution >= 4 is 17.4 Å². The van der Waals surface area contributed by atoms with Gasteiger partial charge in [0.1, 0.15) is 17.9 Å². The van der Waals surface area contributed by atoms with Crippen molar-refractivity contribution < 1.29 is 14.3 Å². The number of benzene rings is 1. The highest BCUT2D eigenvalue weighted by Gasteiger charge is 2.20. The monoisotopic (exact) mass is 301 g/mol. The lowest BCUT2D eigenvalue weighted by Crippen LogP contribution is -2.31. The zero-order valence-electron chi connectivity index (χ0n) is 12.2. The van der Waals surface area contributed by atoms with Crippen LogP contribution in [0, 0.1) is 0 Å². The highest BCUT2D eigenvalue weighted by molar-refractivity contribution is 6.04. The number of carbonyl (C=O) groups excluding carboxylic acids is 2. The van der Waals surface area contributed by atoms with Crippen molar-refractivity contribution in [1.82, 2.24) is 9.78 Å². The molecule has 0 saturated heterocycles. The van der Waals surface area contributed by atoms with E-state index in [0.29, 0.717) is 5.56 Å². The molecule has 2 rings (SSSR count). The second kappa shape index (κ2) is 6.21. The molecule has 1 aromatic carbocycles. The SMILES string of the molecule is COC(=O)Cn1nc(-c2ccccc2)c(C(C)=O)c(N)c1=O. The molecule has 0 atom stereocenters. The van der Waals surface area contributed by atoms with Gasteiger partial charge in [-0.1, -0.05) is 30.3 Å². The van der Waals surface area contributed by atoms with Crippen molar-refractivity contribution in [2.75, 3.05) is 12.8 Å². The third kappa shape index (κ3) is 2.88. The number of hydrogen-bond acceptors (Lipinski definition) is 6. The number of rotatable bonds is 4. The van der Waals surface area contributed by atoms with Crippen molar-refractivity contribution in [2.24, 2.45) is 0 Å². The number of methoxy groups -OCH3 is 1. The second-order valence-electron chi connectivity index (χ2n) is 4.60. The number of carbonyl (C=O) groups is 2. The fraction of sp³-hybridized carbons (Fsp3) is 0.200. The number of nitrogens with two attached hydrogens (primary N) is 1. The fourth-order valence-electron chi connectivity index (χ4n) is 2.04. The summed E-state index contributed by atoms with van der Waals surface area (Å²) in [6, 6.07) is 8.83. The molecule has 7 heteroatoms. The van der Waals surface area contributed by atoms with Gasteiger partial charge in [0.05, 0.1) is 12.7 Å². The number of Topliss-reactive ketones (excluding diaryl/α,β-unsaturated/α-hetero) is 1. The lowest BCUT2D eigenvalue weighted by atomic mass is 10.0. The molecule has 0 spiro atoms. The minimum absolute atomic E-state index is 0.0531. The number of ketones is 1. The van der Waals surface area contributed by atoms with Crippen LogP contribution in [0.25, 0.3) is 11.3 Å². The van der Waals surface area contributed by atoms with E-state index in [1.165, 1.54) is 14.0 Å². The van der Waals surface area contributed by atoms with Crippen LogP contribution in [0.3, 0.4) is 0 Å². The minimum Gasteiger partial charge on any atom is -0.468 e. The molecule has 22 heavy (non-hydrogen) atoms. The summed E-state index contributed by atoms with van der Waals surface area (Å²) < 4.78 is 5.42. The van der Waals surface area contributed by atoms with E-state index in [1.54, 1.807) is 24.3 Å². The molecule has 2 N–H and O–H groups in total. The van der Waals surface area contributed by atoms with Crippen LogP contribution in [0.15, 0.2) is 35.1 Å². The van der Waals surface area contributed by atoms with Crippen LogP contribution in [-0.2, 0) is 16.1 Å². The van der Waals surface area contributed by atoms with Crippen LogP contribution < -0.4 is 11.3 Å². The molecule has 0 bridgehead atoms. The standard InChI is InChI=1S/C15H15N3O4/c1-9(19)12-13(16)15(21)18(8-11(20)22-2)17-14(12)10-6-4-3-5-7-10/h3-7H,8,16H2,1-2H3. The molecule has 7 nitrogen and oxygen atoms in total. The second-order valence-corrected chi connectivity index (χ2v) is 4.60. The van der Waals surface area contributed by atoms with Crippen molar-refractivity contribution in [2.45, 2.75) is 13.5 Å². The highest BCUT2D eigenvalue weighted by atomic mass is 16.5. The summed E-state index contributed by atoms with van der Waals surface area (Å²) in [5, 5.41) is 4.12. The summed E-state index contributed by atoms with van der Waals surface area (Å²) in [6.45, 7) is 0.932. The largest absolute Gasteiger partial charge is 0.468 e. The number of esters is 1. The molecule has 0 fully saturated rings. The molecule has 114 valence electrons. The van der Waals surface area contributed by atoms with E-state index < -0.39 is 11.5 Å². The van der Waals surface area contributed by atoms with Crippen molar-refractivity contribution in [3.63, 3.8) is 0 Å². The molecule has 0 unspecified atom stereocenters. The summed E-state index contributed by atoms with van der Waals surface area (Å²) in [6.07, 6.45) is 0. The van der Waals surface area contributed by atoms with Gasteiger partial charge >= 0.3 is 5.97 Å². The van der Waals surface area contributed by atoms with Gasteiger partial charge in [-0.2, -0.15) is 5.10 Å². The van der Waals surface area contributed by atoms with E-state index in [1.807, 2.05) is 6.07 Å². The Morgan fingerprint density at radius 2 is 1.91 bits per heavy atom. The number of aromatic nitrogens is 2. The number of hydrogen-bond donors (Lipinski definition) is 1. The maximum absolute atomic E-state index is 12.1. The predicted molar refractivity (Wildman–Crippen MR) is 80.4 cm³/mol. The third-order valence-corrected chi connectivity index (χ3v) is 3.10. The van der Waals surface area contributed by atoms with Crippen LogP contribution >= 0.6 is 0 Å². The van der Waals surface area contributed by atoms with Gasteiger partial charge in [0, 0.05) is 5.56 Å². The molecule has 1 aromatic heterocycles. The zero-order chi connectivity index (χ0) is 16.3. The van der Waals surface area contributed by atoms with Crippen LogP contribution in [0.1, 0.15) is 17.3 Å². The molecule has 0 aliphatic heterocycles. The van der Waals surface area contributed by atoms with E-state index in [9.17, 15) is 14.4 Å². The first-order valence-electron chi connectivity index (χ1n) is 6.49. The maximum Gasteiger partial charge on any atom is 0.327 e. The molecule has 0 aliphatic rings. The molecule has 2 aromatic rings. The quantitative estimate of drug-likeness (QED) is 0.663. The van der Waals surface area contributed by atoms with Crippen molar-refractivity contribution in [1.29, 1.82) is 0 Å². The van der Waals surface area contributed by atoms with Gasteiger partial charge in [-0.15, -0.1) is 0 Å². The molecule has 0 amide bonds. The van der Waals surface area contributed by atoms with Crippen molar-refractivity contribution in [3.8, 4) is 11.3 Å². The van der Waals surface area contributed by atoms with E-state index in [2.05, 4.69) is 9.84 Å². The van der Waals surface area contributed by atoms with Gasteiger partial charge in [-0.3, -0.25) is 14.4 Å². The highest BCUT2D eigenvalue weighted by Crippen LogP contribution is 2.23. The van der Waals surface area contributed by atoms with Crippen LogP contribution in [0.2, 0.25) is 0 Å². The Morgan fingerprint density at radius 1 is 1.27 bits per heavy atom. The topological polar surface area (TPSA) is 104 Å². The van der Waals surface area contributed by atoms with Gasteiger partial charge in [0.25, 0.3) is 5.56 Å². The first kappa shape index (κ1) is 15.4. The van der Waals surface area contributed by atoms with E-state index in [0.717, 1.165) is 4.68 Å². The predicted octanol–water partition coefficient (Wildman–Crippen LogP) is 0.868. The summed E-state index contributed by atoms with van der Waals surface area (Å²) >= 11 is 0. The van der Waals surface area contributed by atoms with E-state index >= 15 is 0 Å². The number of nitrogens with zero attached hydrogens (tertiary/aromatic N) is 2.